The normalized spacial score (nSPS) is 29.7. The molecule has 2 heterocycles. The Labute approximate surface area is 158 Å². The number of benzene rings is 1. The maximum atomic E-state index is 12.2. The molecule has 0 radical (unpaired) electrons. The van der Waals surface area contributed by atoms with Crippen molar-refractivity contribution in [1.29, 1.82) is 0 Å². The average molecular weight is 378 g/mol. The Morgan fingerprint density at radius 1 is 1.26 bits per heavy atom. The quantitative estimate of drug-likeness (QED) is 0.439. The zero-order valence-corrected chi connectivity index (χ0v) is 15.8. The molecule has 1 N–H and O–H groups in total. The summed E-state index contributed by atoms with van der Waals surface area (Å²) in [7, 11) is 0. The first-order valence-electron chi connectivity index (χ1n) is 9.05. The predicted molar refractivity (Wildman–Crippen MR) is 94.7 cm³/mol. The van der Waals surface area contributed by atoms with E-state index < -0.39 is 41.5 Å². The van der Waals surface area contributed by atoms with Gasteiger partial charge in [-0.1, -0.05) is 30.3 Å². The summed E-state index contributed by atoms with van der Waals surface area (Å²) in [6, 6.07) is 9.66. The minimum Gasteiger partial charge on any atom is -0.460 e. The number of carbonyl (C=O) groups excluding carboxylic acids is 2. The van der Waals surface area contributed by atoms with E-state index in [1.54, 1.807) is 20.8 Å². The summed E-state index contributed by atoms with van der Waals surface area (Å²) in [4.78, 5) is 23.9. The molecule has 0 spiro atoms. The van der Waals surface area contributed by atoms with E-state index in [0.29, 0.717) is 6.61 Å². The van der Waals surface area contributed by atoms with Crippen LogP contribution < -0.4 is 0 Å². The third-order valence-corrected chi connectivity index (χ3v) is 4.34. The van der Waals surface area contributed by atoms with Crippen LogP contribution >= 0.6 is 0 Å². The van der Waals surface area contributed by atoms with E-state index in [2.05, 4.69) is 0 Å². The van der Waals surface area contributed by atoms with Crippen molar-refractivity contribution in [3.05, 3.63) is 35.9 Å². The summed E-state index contributed by atoms with van der Waals surface area (Å²) in [5.74, 6) is -1.02. The number of aliphatic hydroxyl groups is 1. The minimum atomic E-state index is -1.45. The van der Waals surface area contributed by atoms with Gasteiger partial charge in [-0.05, 0) is 26.3 Å². The second-order valence-corrected chi connectivity index (χ2v) is 8.08. The molecule has 0 aliphatic carbocycles. The molecule has 4 atom stereocenters. The van der Waals surface area contributed by atoms with Crippen LogP contribution in [0.3, 0.4) is 0 Å². The summed E-state index contributed by atoms with van der Waals surface area (Å²) in [5, 5.41) is 10.7. The Morgan fingerprint density at radius 3 is 2.63 bits per heavy atom. The molecular formula is C20H26O7. The number of ether oxygens (including phenoxy) is 4. The van der Waals surface area contributed by atoms with Gasteiger partial charge in [0.05, 0.1) is 13.2 Å². The van der Waals surface area contributed by atoms with Crippen molar-refractivity contribution in [3.63, 3.8) is 0 Å². The maximum Gasteiger partial charge on any atom is 0.313 e. The van der Waals surface area contributed by atoms with Gasteiger partial charge in [-0.2, -0.15) is 0 Å². The molecule has 2 aliphatic heterocycles. The predicted octanol–water partition coefficient (Wildman–Crippen LogP) is 1.75. The third kappa shape index (κ3) is 5.35. The summed E-state index contributed by atoms with van der Waals surface area (Å²) < 4.78 is 22.0. The van der Waals surface area contributed by atoms with Crippen LogP contribution in [0.5, 0.6) is 0 Å². The second-order valence-electron chi connectivity index (χ2n) is 8.08. The zero-order chi connectivity index (χ0) is 19.7. The number of epoxide rings is 1. The number of rotatable bonds is 7. The molecule has 148 valence electrons. The average Bonchev–Trinajstić information content (AvgIpc) is 3.35. The summed E-state index contributed by atoms with van der Waals surface area (Å²) >= 11 is 0. The van der Waals surface area contributed by atoms with Gasteiger partial charge in [0.2, 0.25) is 0 Å². The highest BCUT2D eigenvalue weighted by Gasteiger charge is 2.62. The Hall–Kier alpha value is -1.80. The van der Waals surface area contributed by atoms with Crippen molar-refractivity contribution >= 4 is 11.8 Å². The maximum absolute atomic E-state index is 12.2. The van der Waals surface area contributed by atoms with Crippen LogP contribution in [0.1, 0.15) is 39.2 Å². The van der Waals surface area contributed by atoms with Crippen molar-refractivity contribution in [2.45, 2.75) is 69.9 Å². The van der Waals surface area contributed by atoms with Crippen LogP contribution in [-0.4, -0.2) is 53.2 Å². The largest absolute Gasteiger partial charge is 0.460 e. The lowest BCUT2D eigenvalue weighted by atomic mass is 9.89. The fraction of sp³-hybridized carbons (Fsp3) is 0.600. The minimum absolute atomic E-state index is 0.0896. The Morgan fingerprint density at radius 2 is 1.96 bits per heavy atom. The van der Waals surface area contributed by atoms with Gasteiger partial charge in [-0.15, -0.1) is 0 Å². The van der Waals surface area contributed by atoms with Gasteiger partial charge < -0.3 is 24.1 Å². The molecule has 3 rings (SSSR count). The SMILES string of the molecule is CC(C)(C)OC(=O)CC(=O)C[C@@]1(O)CO[C@H](OCc2ccccc2)[C@H]2O[C@H]21. The molecular weight excluding hydrogens is 352 g/mol. The van der Waals surface area contributed by atoms with Crippen molar-refractivity contribution < 1.29 is 33.6 Å². The molecule has 1 aromatic carbocycles. The van der Waals surface area contributed by atoms with Crippen LogP contribution in [0, 0.1) is 0 Å². The lowest BCUT2D eigenvalue weighted by Gasteiger charge is -2.32. The van der Waals surface area contributed by atoms with E-state index in [9.17, 15) is 14.7 Å². The highest BCUT2D eigenvalue weighted by Crippen LogP contribution is 2.43. The number of Topliss-reactive ketones (excluding diaryl/α,β-unsaturated/α-hetero) is 1. The standard InChI is InChI=1S/C20H26O7/c1-19(2,3)27-15(22)9-14(21)10-20(23)12-25-18(16-17(20)26-16)24-11-13-7-5-4-6-8-13/h4-8,16-18,23H,9-12H2,1-3H3/t16-,17+,18-,20+/m0/s1. The number of hydrogen-bond donors (Lipinski definition) is 1. The highest BCUT2D eigenvalue weighted by molar-refractivity contribution is 5.96. The van der Waals surface area contributed by atoms with E-state index >= 15 is 0 Å². The third-order valence-electron chi connectivity index (χ3n) is 4.34. The van der Waals surface area contributed by atoms with E-state index in [-0.39, 0.29) is 19.4 Å². The van der Waals surface area contributed by atoms with E-state index in [1.165, 1.54) is 0 Å². The lowest BCUT2D eigenvalue weighted by Crippen LogP contribution is -2.50. The monoisotopic (exact) mass is 378 g/mol. The first-order valence-corrected chi connectivity index (χ1v) is 9.05. The molecule has 1 aromatic rings. The van der Waals surface area contributed by atoms with Crippen molar-refractivity contribution in [2.75, 3.05) is 6.61 Å². The fourth-order valence-corrected chi connectivity index (χ4v) is 3.16. The van der Waals surface area contributed by atoms with E-state index in [4.69, 9.17) is 18.9 Å². The van der Waals surface area contributed by atoms with E-state index in [0.717, 1.165) is 5.56 Å². The number of hydrogen-bond acceptors (Lipinski definition) is 7. The zero-order valence-electron chi connectivity index (χ0n) is 15.8. The second kappa shape index (κ2) is 7.67. The Balaban J connectivity index is 1.47. The van der Waals surface area contributed by atoms with Crippen LogP contribution in [0.2, 0.25) is 0 Å². The Bertz CT molecular complexity index is 681. The number of ketones is 1. The molecule has 0 saturated carbocycles. The molecule has 2 aliphatic rings. The number of esters is 1. The van der Waals surface area contributed by atoms with Crippen molar-refractivity contribution in [3.8, 4) is 0 Å². The molecule has 27 heavy (non-hydrogen) atoms. The molecule has 0 unspecified atom stereocenters. The topological polar surface area (TPSA) is 94.6 Å². The van der Waals surface area contributed by atoms with Gasteiger partial charge in [0.1, 0.15) is 35.6 Å². The highest BCUT2D eigenvalue weighted by atomic mass is 16.7. The van der Waals surface area contributed by atoms with Crippen LogP contribution in [-0.2, 0) is 35.1 Å². The van der Waals surface area contributed by atoms with Crippen LogP contribution in [0.4, 0.5) is 0 Å². The smallest absolute Gasteiger partial charge is 0.313 e. The van der Waals surface area contributed by atoms with Gasteiger partial charge in [0.15, 0.2) is 6.29 Å². The molecule has 0 amide bonds. The van der Waals surface area contributed by atoms with Gasteiger partial charge in [0, 0.05) is 6.42 Å². The van der Waals surface area contributed by atoms with Crippen molar-refractivity contribution in [2.24, 2.45) is 0 Å². The first-order chi connectivity index (χ1) is 12.7. The number of fused-ring (bicyclic) bond motifs is 1. The van der Waals surface area contributed by atoms with Crippen LogP contribution in [0.25, 0.3) is 0 Å². The lowest BCUT2D eigenvalue weighted by molar-refractivity contribution is -0.204. The molecule has 2 fully saturated rings. The molecule has 0 bridgehead atoms. The summed E-state index contributed by atoms with van der Waals surface area (Å²) in [6.07, 6.45) is -2.14. The summed E-state index contributed by atoms with van der Waals surface area (Å²) in [5.41, 5.74) is -1.10. The van der Waals surface area contributed by atoms with Crippen molar-refractivity contribution in [1.82, 2.24) is 0 Å². The summed E-state index contributed by atoms with van der Waals surface area (Å²) in [6.45, 7) is 5.48. The van der Waals surface area contributed by atoms with E-state index in [1.807, 2.05) is 30.3 Å². The molecule has 2 saturated heterocycles. The molecule has 0 aromatic heterocycles. The van der Waals surface area contributed by atoms with Gasteiger partial charge >= 0.3 is 5.97 Å². The Kier molecular flexibility index (Phi) is 5.67. The van der Waals surface area contributed by atoms with Gasteiger partial charge in [-0.25, -0.2) is 0 Å². The molecule has 7 heteroatoms. The van der Waals surface area contributed by atoms with Crippen LogP contribution in [0.15, 0.2) is 30.3 Å². The fourth-order valence-electron chi connectivity index (χ4n) is 3.16. The first kappa shape index (κ1) is 19.9. The van der Waals surface area contributed by atoms with Gasteiger partial charge in [-0.3, -0.25) is 9.59 Å². The molecule has 7 nitrogen and oxygen atoms in total. The number of carbonyl (C=O) groups is 2. The van der Waals surface area contributed by atoms with Gasteiger partial charge in [0.25, 0.3) is 0 Å².